The lowest BCUT2D eigenvalue weighted by Gasteiger charge is -2.23. The van der Waals surface area contributed by atoms with Crippen LogP contribution in [0.15, 0.2) is 59.1 Å². The first kappa shape index (κ1) is 27.0. The van der Waals surface area contributed by atoms with E-state index in [1.807, 2.05) is 30.3 Å². The lowest BCUT2D eigenvalue weighted by atomic mass is 9.92. The summed E-state index contributed by atoms with van der Waals surface area (Å²) in [4.78, 5) is 28.0. The maximum atomic E-state index is 13.2. The number of aromatic nitrogens is 2. The molecule has 2 aromatic carbocycles. The number of rotatable bonds is 8. The Morgan fingerprint density at radius 2 is 1.71 bits per heavy atom. The van der Waals surface area contributed by atoms with Crippen LogP contribution in [0.1, 0.15) is 57.1 Å². The number of benzene rings is 2. The van der Waals surface area contributed by atoms with Crippen LogP contribution >= 0.6 is 27.5 Å². The first-order valence-corrected chi connectivity index (χ1v) is 12.8. The third-order valence-electron chi connectivity index (χ3n) is 5.51. The van der Waals surface area contributed by atoms with E-state index in [0.717, 1.165) is 22.3 Å². The zero-order valence-electron chi connectivity index (χ0n) is 20.8. The Morgan fingerprint density at radius 1 is 1.09 bits per heavy atom. The van der Waals surface area contributed by atoms with Gasteiger partial charge in [-0.05, 0) is 60.9 Å². The second-order valence-electron chi connectivity index (χ2n) is 10.0. The molecule has 0 atom stereocenters. The molecule has 0 saturated heterocycles. The van der Waals surface area contributed by atoms with E-state index in [9.17, 15) is 9.59 Å². The SMILES string of the molecule is CC(C)CCN(CC(=O)Nc1cc(C(C)(C)C)nn1-c1ccc(Cl)cc1)C(=O)c1ccc(Br)cc1. The zero-order chi connectivity index (χ0) is 25.8. The molecule has 1 heterocycles. The van der Waals surface area contributed by atoms with Crippen LogP contribution in [0, 0.1) is 5.92 Å². The number of nitrogens with zero attached hydrogens (tertiary/aromatic N) is 3. The van der Waals surface area contributed by atoms with Crippen LogP contribution in [-0.2, 0) is 10.2 Å². The highest BCUT2D eigenvalue weighted by atomic mass is 79.9. The van der Waals surface area contributed by atoms with Gasteiger partial charge in [-0.2, -0.15) is 5.10 Å². The minimum atomic E-state index is -0.283. The molecule has 3 rings (SSSR count). The Morgan fingerprint density at radius 3 is 2.29 bits per heavy atom. The van der Waals surface area contributed by atoms with Crippen molar-refractivity contribution in [3.63, 3.8) is 0 Å². The van der Waals surface area contributed by atoms with Gasteiger partial charge < -0.3 is 10.2 Å². The number of nitrogens with one attached hydrogen (secondary N) is 1. The lowest BCUT2D eigenvalue weighted by Crippen LogP contribution is -2.39. The lowest BCUT2D eigenvalue weighted by molar-refractivity contribution is -0.117. The fourth-order valence-electron chi connectivity index (χ4n) is 3.41. The predicted octanol–water partition coefficient (Wildman–Crippen LogP) is 6.71. The maximum Gasteiger partial charge on any atom is 0.254 e. The van der Waals surface area contributed by atoms with Gasteiger partial charge in [0.2, 0.25) is 5.91 Å². The van der Waals surface area contributed by atoms with Crippen molar-refractivity contribution in [3.8, 4) is 5.69 Å². The Hall–Kier alpha value is -2.64. The minimum absolute atomic E-state index is 0.0573. The number of amides is 2. The van der Waals surface area contributed by atoms with E-state index in [-0.39, 0.29) is 23.8 Å². The minimum Gasteiger partial charge on any atom is -0.329 e. The summed E-state index contributed by atoms with van der Waals surface area (Å²) in [5.74, 6) is 0.491. The van der Waals surface area contributed by atoms with Gasteiger partial charge in [0.05, 0.1) is 11.4 Å². The quantitative estimate of drug-likeness (QED) is 0.333. The summed E-state index contributed by atoms with van der Waals surface area (Å²) < 4.78 is 2.59. The van der Waals surface area contributed by atoms with E-state index in [1.54, 1.807) is 33.8 Å². The summed E-state index contributed by atoms with van der Waals surface area (Å²) in [6.45, 7) is 10.8. The molecule has 3 aromatic rings. The molecule has 0 aliphatic heterocycles. The smallest absolute Gasteiger partial charge is 0.254 e. The zero-order valence-corrected chi connectivity index (χ0v) is 23.2. The average molecular weight is 560 g/mol. The van der Waals surface area contributed by atoms with Crippen molar-refractivity contribution >= 4 is 45.2 Å². The van der Waals surface area contributed by atoms with Crippen molar-refractivity contribution in [3.05, 3.63) is 75.4 Å². The Kier molecular flexibility index (Phi) is 8.78. The van der Waals surface area contributed by atoms with Crippen molar-refractivity contribution in [1.82, 2.24) is 14.7 Å². The normalized spacial score (nSPS) is 11.5. The Labute approximate surface area is 220 Å². The highest BCUT2D eigenvalue weighted by Gasteiger charge is 2.23. The molecule has 0 bridgehead atoms. The van der Waals surface area contributed by atoms with Crippen LogP contribution in [0.5, 0.6) is 0 Å². The first-order valence-electron chi connectivity index (χ1n) is 11.6. The van der Waals surface area contributed by atoms with Crippen molar-refractivity contribution in [2.45, 2.75) is 46.5 Å². The fraction of sp³-hybridized carbons (Fsp3) is 0.370. The number of hydrogen-bond donors (Lipinski definition) is 1. The monoisotopic (exact) mass is 558 g/mol. The van der Waals surface area contributed by atoms with E-state index in [1.165, 1.54) is 0 Å². The molecule has 1 N–H and O–H groups in total. The number of hydrogen-bond acceptors (Lipinski definition) is 3. The molecular formula is C27H32BrClN4O2. The molecule has 0 aliphatic rings. The number of carbonyl (C=O) groups excluding carboxylic acids is 2. The third kappa shape index (κ3) is 7.42. The molecule has 8 heteroatoms. The van der Waals surface area contributed by atoms with Gasteiger partial charge >= 0.3 is 0 Å². The van der Waals surface area contributed by atoms with E-state index in [4.69, 9.17) is 16.7 Å². The van der Waals surface area contributed by atoms with Gasteiger partial charge in [-0.3, -0.25) is 9.59 Å². The van der Waals surface area contributed by atoms with Gasteiger partial charge in [0.25, 0.3) is 5.91 Å². The summed E-state index contributed by atoms with van der Waals surface area (Å²) in [6, 6.07) is 16.3. The highest BCUT2D eigenvalue weighted by Crippen LogP contribution is 2.27. The molecule has 0 saturated carbocycles. The third-order valence-corrected chi connectivity index (χ3v) is 6.29. The fourth-order valence-corrected chi connectivity index (χ4v) is 3.80. The summed E-state index contributed by atoms with van der Waals surface area (Å²) in [6.07, 6.45) is 0.798. The summed E-state index contributed by atoms with van der Waals surface area (Å²) >= 11 is 9.46. The Balaban J connectivity index is 1.85. The van der Waals surface area contributed by atoms with Crippen molar-refractivity contribution in [2.24, 2.45) is 5.92 Å². The summed E-state index contributed by atoms with van der Waals surface area (Å²) in [7, 11) is 0. The van der Waals surface area contributed by atoms with Crippen LogP contribution in [0.4, 0.5) is 5.82 Å². The van der Waals surface area contributed by atoms with Crippen LogP contribution in [0.2, 0.25) is 5.02 Å². The summed E-state index contributed by atoms with van der Waals surface area (Å²) in [5, 5.41) is 8.33. The van der Waals surface area contributed by atoms with E-state index < -0.39 is 0 Å². The highest BCUT2D eigenvalue weighted by molar-refractivity contribution is 9.10. The topological polar surface area (TPSA) is 67.2 Å². The molecule has 6 nitrogen and oxygen atoms in total. The standard InChI is InChI=1S/C27H32BrClN4O2/c1-18(2)14-15-32(26(35)19-6-8-20(28)9-7-19)17-25(34)30-24-16-23(27(3,4)5)31-33(24)22-12-10-21(29)11-13-22/h6-13,16,18H,14-15,17H2,1-5H3,(H,30,34). The molecular weight excluding hydrogens is 528 g/mol. The summed E-state index contributed by atoms with van der Waals surface area (Å²) in [5.41, 5.74) is 1.96. The predicted molar refractivity (Wildman–Crippen MR) is 145 cm³/mol. The first-order chi connectivity index (χ1) is 16.4. The van der Waals surface area contributed by atoms with E-state index in [2.05, 4.69) is 55.9 Å². The second-order valence-corrected chi connectivity index (χ2v) is 11.4. The van der Waals surface area contributed by atoms with Gasteiger partial charge in [0, 0.05) is 33.1 Å². The van der Waals surface area contributed by atoms with Crippen molar-refractivity contribution in [2.75, 3.05) is 18.4 Å². The van der Waals surface area contributed by atoms with Gasteiger partial charge in [0.1, 0.15) is 12.4 Å². The van der Waals surface area contributed by atoms with Gasteiger partial charge in [0.15, 0.2) is 0 Å². The molecule has 0 radical (unpaired) electrons. The van der Waals surface area contributed by atoms with Crippen LogP contribution in [-0.4, -0.2) is 39.6 Å². The van der Waals surface area contributed by atoms with E-state index in [0.29, 0.717) is 28.9 Å². The van der Waals surface area contributed by atoms with Crippen LogP contribution in [0.25, 0.3) is 5.69 Å². The average Bonchev–Trinajstić information content (AvgIpc) is 3.21. The second kappa shape index (κ2) is 11.4. The van der Waals surface area contributed by atoms with Crippen LogP contribution < -0.4 is 5.32 Å². The number of carbonyl (C=O) groups is 2. The molecule has 186 valence electrons. The largest absolute Gasteiger partial charge is 0.329 e. The number of halogens is 2. The Bertz CT molecular complexity index is 1170. The molecule has 0 fully saturated rings. The van der Waals surface area contributed by atoms with Crippen LogP contribution in [0.3, 0.4) is 0 Å². The van der Waals surface area contributed by atoms with Crippen molar-refractivity contribution in [1.29, 1.82) is 0 Å². The molecule has 0 unspecified atom stereocenters. The van der Waals surface area contributed by atoms with E-state index >= 15 is 0 Å². The molecule has 0 spiro atoms. The number of anilines is 1. The molecule has 0 aliphatic carbocycles. The van der Waals surface area contributed by atoms with Crippen molar-refractivity contribution < 1.29 is 9.59 Å². The van der Waals surface area contributed by atoms with Gasteiger partial charge in [-0.1, -0.05) is 62.1 Å². The van der Waals surface area contributed by atoms with Gasteiger partial charge in [-0.15, -0.1) is 0 Å². The molecule has 35 heavy (non-hydrogen) atoms. The maximum absolute atomic E-state index is 13.2. The van der Waals surface area contributed by atoms with Gasteiger partial charge in [-0.25, -0.2) is 4.68 Å². The molecule has 2 amide bonds. The molecule has 1 aromatic heterocycles.